The van der Waals surface area contributed by atoms with Crippen LogP contribution in [-0.4, -0.2) is 41.9 Å². The third kappa shape index (κ3) is 4.18. The smallest absolute Gasteiger partial charge is 0.0357 e. The molecule has 0 saturated carbocycles. The summed E-state index contributed by atoms with van der Waals surface area (Å²) in [4.78, 5) is 0. The summed E-state index contributed by atoms with van der Waals surface area (Å²) in [7, 11) is -0.648. The molecular formula is C8H18N2OS. The van der Waals surface area contributed by atoms with Crippen molar-refractivity contribution in [1.82, 2.24) is 10.6 Å². The Morgan fingerprint density at radius 3 is 2.75 bits per heavy atom. The lowest BCUT2D eigenvalue weighted by molar-refractivity contribution is 0.395. The van der Waals surface area contributed by atoms with Crippen molar-refractivity contribution in [3.63, 3.8) is 0 Å². The highest BCUT2D eigenvalue weighted by Crippen LogP contribution is 2.00. The van der Waals surface area contributed by atoms with Crippen LogP contribution in [0, 0.1) is 0 Å². The molecule has 1 rings (SSSR count). The molecule has 0 radical (unpaired) electrons. The first-order valence-electron chi connectivity index (χ1n) is 4.53. The van der Waals surface area contributed by atoms with Gasteiger partial charge >= 0.3 is 0 Å². The standard InChI is InChI=1S/C8H18N2OS/c1-12(11)7-6-10-8-2-4-9-5-3-8/h8-10H,2-7H2,1H3. The Kier molecular flexibility index (Phi) is 4.80. The lowest BCUT2D eigenvalue weighted by atomic mass is 10.1. The predicted molar refractivity (Wildman–Crippen MR) is 52.8 cm³/mol. The number of hydrogen-bond acceptors (Lipinski definition) is 3. The van der Waals surface area contributed by atoms with E-state index in [1.165, 1.54) is 12.8 Å². The molecule has 1 heterocycles. The molecule has 0 aromatic carbocycles. The molecule has 2 N–H and O–H groups in total. The van der Waals surface area contributed by atoms with Gasteiger partial charge in [-0.1, -0.05) is 0 Å². The van der Waals surface area contributed by atoms with Gasteiger partial charge in [-0.25, -0.2) is 0 Å². The first-order chi connectivity index (χ1) is 5.79. The van der Waals surface area contributed by atoms with Crippen LogP contribution in [0.15, 0.2) is 0 Å². The van der Waals surface area contributed by atoms with Crippen molar-refractivity contribution in [3.8, 4) is 0 Å². The Hall–Kier alpha value is 0.0700. The summed E-state index contributed by atoms with van der Waals surface area (Å²) in [6.45, 7) is 3.13. The fraction of sp³-hybridized carbons (Fsp3) is 1.00. The number of piperidine rings is 1. The average molecular weight is 190 g/mol. The topological polar surface area (TPSA) is 41.1 Å². The molecule has 1 aliphatic rings. The van der Waals surface area contributed by atoms with Gasteiger partial charge in [0.05, 0.1) is 0 Å². The number of nitrogens with one attached hydrogen (secondary N) is 2. The van der Waals surface area contributed by atoms with Crippen molar-refractivity contribution in [2.75, 3.05) is 31.6 Å². The zero-order valence-corrected chi connectivity index (χ0v) is 8.45. The van der Waals surface area contributed by atoms with Gasteiger partial charge in [0.2, 0.25) is 0 Å². The van der Waals surface area contributed by atoms with Crippen LogP contribution in [0.1, 0.15) is 12.8 Å². The van der Waals surface area contributed by atoms with Crippen LogP contribution < -0.4 is 10.6 Å². The van der Waals surface area contributed by atoms with Gasteiger partial charge in [-0.15, -0.1) is 0 Å². The highest BCUT2D eigenvalue weighted by Gasteiger charge is 2.11. The summed E-state index contributed by atoms with van der Waals surface area (Å²) in [5.41, 5.74) is 0. The molecule has 1 fully saturated rings. The molecular weight excluding hydrogens is 172 g/mol. The molecule has 1 saturated heterocycles. The average Bonchev–Trinajstić information content (AvgIpc) is 2.05. The summed E-state index contributed by atoms with van der Waals surface area (Å²) in [5, 5.41) is 6.73. The fourth-order valence-corrected chi connectivity index (χ4v) is 1.84. The second-order valence-corrected chi connectivity index (χ2v) is 4.81. The van der Waals surface area contributed by atoms with Crippen molar-refractivity contribution in [2.24, 2.45) is 0 Å². The van der Waals surface area contributed by atoms with Gasteiger partial charge in [-0.05, 0) is 25.9 Å². The zero-order chi connectivity index (χ0) is 8.81. The minimum absolute atomic E-state index is 0.648. The molecule has 0 aliphatic carbocycles. The Bertz CT molecular complexity index is 146. The van der Waals surface area contributed by atoms with E-state index >= 15 is 0 Å². The van der Waals surface area contributed by atoms with Crippen molar-refractivity contribution in [2.45, 2.75) is 18.9 Å². The van der Waals surface area contributed by atoms with E-state index in [0.717, 1.165) is 25.4 Å². The lowest BCUT2D eigenvalue weighted by Gasteiger charge is -2.23. The summed E-state index contributed by atoms with van der Waals surface area (Å²) in [6, 6.07) is 0.648. The SMILES string of the molecule is CS(=O)CCNC1CCNCC1. The first kappa shape index (κ1) is 10.2. The van der Waals surface area contributed by atoms with Gasteiger partial charge in [-0.3, -0.25) is 4.21 Å². The summed E-state index contributed by atoms with van der Waals surface area (Å²) in [5.74, 6) is 0.782. The van der Waals surface area contributed by atoms with Gasteiger partial charge in [-0.2, -0.15) is 0 Å². The fourth-order valence-electron chi connectivity index (χ4n) is 1.43. The van der Waals surface area contributed by atoms with Crippen LogP contribution in [0.25, 0.3) is 0 Å². The molecule has 3 nitrogen and oxygen atoms in total. The van der Waals surface area contributed by atoms with E-state index in [2.05, 4.69) is 10.6 Å². The first-order valence-corrected chi connectivity index (χ1v) is 6.26. The largest absolute Gasteiger partial charge is 0.317 e. The second-order valence-electron chi connectivity index (χ2n) is 3.26. The van der Waals surface area contributed by atoms with E-state index in [4.69, 9.17) is 0 Å². The second kappa shape index (κ2) is 5.67. The predicted octanol–water partition coefficient (Wildman–Crippen LogP) is -0.293. The van der Waals surface area contributed by atoms with Crippen molar-refractivity contribution < 1.29 is 4.21 Å². The molecule has 12 heavy (non-hydrogen) atoms. The van der Waals surface area contributed by atoms with Crippen molar-refractivity contribution in [3.05, 3.63) is 0 Å². The van der Waals surface area contributed by atoms with E-state index in [0.29, 0.717) is 6.04 Å². The maximum Gasteiger partial charge on any atom is 0.0357 e. The monoisotopic (exact) mass is 190 g/mol. The minimum Gasteiger partial charge on any atom is -0.317 e. The van der Waals surface area contributed by atoms with E-state index in [-0.39, 0.29) is 0 Å². The third-order valence-electron chi connectivity index (χ3n) is 2.16. The molecule has 0 aromatic heterocycles. The molecule has 0 aromatic rings. The molecule has 1 atom stereocenters. The van der Waals surface area contributed by atoms with E-state index in [1.54, 1.807) is 6.26 Å². The summed E-state index contributed by atoms with van der Waals surface area (Å²) in [6.07, 6.45) is 4.16. The zero-order valence-electron chi connectivity index (χ0n) is 7.64. The van der Waals surface area contributed by atoms with Crippen LogP contribution in [-0.2, 0) is 10.8 Å². The Labute approximate surface area is 76.8 Å². The molecule has 1 aliphatic heterocycles. The Morgan fingerprint density at radius 2 is 2.17 bits per heavy atom. The number of rotatable bonds is 4. The van der Waals surface area contributed by atoms with Gasteiger partial charge in [0, 0.05) is 35.4 Å². The van der Waals surface area contributed by atoms with Crippen LogP contribution in [0.5, 0.6) is 0 Å². The van der Waals surface area contributed by atoms with Gasteiger partial charge in [0.1, 0.15) is 0 Å². The molecule has 72 valence electrons. The van der Waals surface area contributed by atoms with E-state index < -0.39 is 10.8 Å². The quantitative estimate of drug-likeness (QED) is 0.640. The van der Waals surface area contributed by atoms with Gasteiger partial charge in [0.25, 0.3) is 0 Å². The van der Waals surface area contributed by atoms with Crippen LogP contribution in [0.2, 0.25) is 0 Å². The van der Waals surface area contributed by atoms with Gasteiger partial charge < -0.3 is 10.6 Å². The Morgan fingerprint density at radius 1 is 1.50 bits per heavy atom. The van der Waals surface area contributed by atoms with Crippen LogP contribution in [0.4, 0.5) is 0 Å². The summed E-state index contributed by atoms with van der Waals surface area (Å²) < 4.78 is 10.7. The third-order valence-corrected chi connectivity index (χ3v) is 2.94. The number of hydrogen-bond donors (Lipinski definition) is 2. The Balaban J connectivity index is 2.01. The molecule has 0 bridgehead atoms. The highest BCUT2D eigenvalue weighted by atomic mass is 32.2. The van der Waals surface area contributed by atoms with Crippen LogP contribution >= 0.6 is 0 Å². The lowest BCUT2D eigenvalue weighted by Crippen LogP contribution is -2.41. The van der Waals surface area contributed by atoms with Crippen LogP contribution in [0.3, 0.4) is 0 Å². The van der Waals surface area contributed by atoms with E-state index in [1.807, 2.05) is 0 Å². The minimum atomic E-state index is -0.648. The molecule has 0 amide bonds. The van der Waals surface area contributed by atoms with Gasteiger partial charge in [0.15, 0.2) is 0 Å². The van der Waals surface area contributed by atoms with Crippen molar-refractivity contribution in [1.29, 1.82) is 0 Å². The normalized spacial score (nSPS) is 22.4. The maximum absolute atomic E-state index is 10.7. The highest BCUT2D eigenvalue weighted by molar-refractivity contribution is 7.84. The van der Waals surface area contributed by atoms with Crippen molar-refractivity contribution >= 4 is 10.8 Å². The molecule has 1 unspecified atom stereocenters. The molecule has 0 spiro atoms. The molecule has 4 heteroatoms. The van der Waals surface area contributed by atoms with E-state index in [9.17, 15) is 4.21 Å². The maximum atomic E-state index is 10.7. The summed E-state index contributed by atoms with van der Waals surface area (Å²) >= 11 is 0.